The van der Waals surface area contributed by atoms with Crippen LogP contribution < -0.4 is 0 Å². The van der Waals surface area contributed by atoms with E-state index >= 15 is 0 Å². The number of rotatable bonds is 6. The number of halogens is 1. The van der Waals surface area contributed by atoms with Crippen molar-refractivity contribution in [3.8, 4) is 0 Å². The van der Waals surface area contributed by atoms with Crippen molar-refractivity contribution in [3.63, 3.8) is 0 Å². The van der Waals surface area contributed by atoms with Crippen LogP contribution in [0.3, 0.4) is 0 Å². The van der Waals surface area contributed by atoms with Gasteiger partial charge in [0.2, 0.25) is 0 Å². The summed E-state index contributed by atoms with van der Waals surface area (Å²) in [6.07, 6.45) is 1.55. The molecule has 0 unspecified atom stereocenters. The van der Waals surface area contributed by atoms with E-state index in [-0.39, 0.29) is 17.8 Å². The van der Waals surface area contributed by atoms with E-state index in [1.807, 2.05) is 17.5 Å². The average Bonchev–Trinajstić information content (AvgIpc) is 2.99. The highest BCUT2D eigenvalue weighted by Crippen LogP contribution is 2.20. The first-order valence-corrected chi connectivity index (χ1v) is 7.27. The lowest BCUT2D eigenvalue weighted by atomic mass is 10.1. The summed E-state index contributed by atoms with van der Waals surface area (Å²) in [7, 11) is 0. The van der Waals surface area contributed by atoms with Gasteiger partial charge in [0, 0.05) is 17.5 Å². The molecule has 0 bridgehead atoms. The summed E-state index contributed by atoms with van der Waals surface area (Å²) in [6, 6.07) is 6.75. The smallest absolute Gasteiger partial charge is 0.272 e. The summed E-state index contributed by atoms with van der Waals surface area (Å²) < 4.78 is 14.0. The molecule has 0 aliphatic rings. The number of carbonyl (C=O) groups excluding carboxylic acids is 1. The maximum atomic E-state index is 14.0. The zero-order chi connectivity index (χ0) is 16.1. The minimum absolute atomic E-state index is 0.191. The highest BCUT2D eigenvalue weighted by atomic mass is 32.1. The van der Waals surface area contributed by atoms with E-state index in [9.17, 15) is 19.3 Å². The number of benzene rings is 1. The molecule has 1 aromatic heterocycles. The van der Waals surface area contributed by atoms with Gasteiger partial charge in [0.05, 0.1) is 23.1 Å². The van der Waals surface area contributed by atoms with Crippen LogP contribution in [0.1, 0.15) is 15.2 Å². The first kappa shape index (κ1) is 15.8. The van der Waals surface area contributed by atoms with Crippen LogP contribution >= 0.6 is 11.3 Å². The summed E-state index contributed by atoms with van der Waals surface area (Å²) in [5.74, 6) is -1.43. The largest absolute Gasteiger partial charge is 0.330 e. The second-order valence-electron chi connectivity index (χ2n) is 4.47. The molecular weight excluding hydrogens is 307 g/mol. The second-order valence-corrected chi connectivity index (χ2v) is 5.51. The third-order valence-corrected chi connectivity index (χ3v) is 3.82. The maximum Gasteiger partial charge on any atom is 0.272 e. The molecule has 5 nitrogen and oxygen atoms in total. The monoisotopic (exact) mass is 320 g/mol. The third-order valence-electron chi connectivity index (χ3n) is 2.96. The molecule has 7 heteroatoms. The Morgan fingerprint density at radius 1 is 1.45 bits per heavy atom. The molecule has 22 heavy (non-hydrogen) atoms. The van der Waals surface area contributed by atoms with Crippen molar-refractivity contribution < 1.29 is 14.1 Å². The predicted molar refractivity (Wildman–Crippen MR) is 82.3 cm³/mol. The molecule has 2 aromatic rings. The van der Waals surface area contributed by atoms with Gasteiger partial charge < -0.3 is 4.90 Å². The Morgan fingerprint density at radius 3 is 2.77 bits per heavy atom. The normalized spacial score (nSPS) is 10.2. The van der Waals surface area contributed by atoms with Gasteiger partial charge in [-0.15, -0.1) is 17.9 Å². The fourth-order valence-corrected chi connectivity index (χ4v) is 2.65. The number of nitrogens with zero attached hydrogens (tertiary/aromatic N) is 2. The highest BCUT2D eigenvalue weighted by Gasteiger charge is 2.21. The van der Waals surface area contributed by atoms with Gasteiger partial charge in [0.1, 0.15) is 5.82 Å². The van der Waals surface area contributed by atoms with E-state index in [0.29, 0.717) is 6.54 Å². The Labute approximate surface area is 130 Å². The van der Waals surface area contributed by atoms with E-state index in [1.54, 1.807) is 6.08 Å². The Kier molecular flexibility index (Phi) is 5.00. The van der Waals surface area contributed by atoms with Gasteiger partial charge in [-0.25, -0.2) is 4.39 Å². The molecule has 1 aromatic carbocycles. The topological polar surface area (TPSA) is 63.5 Å². The standard InChI is InChI=1S/C15H13FN2O3S/c1-2-7-17(10-12-4-3-8-22-12)15(19)13-6-5-11(18(20)21)9-14(13)16/h2-6,8-9H,1,7,10H2. The summed E-state index contributed by atoms with van der Waals surface area (Å²) in [4.78, 5) is 24.7. The van der Waals surface area contributed by atoms with Gasteiger partial charge in [-0.1, -0.05) is 12.1 Å². The average molecular weight is 320 g/mol. The van der Waals surface area contributed by atoms with Crippen LogP contribution in [0.2, 0.25) is 0 Å². The summed E-state index contributed by atoms with van der Waals surface area (Å²) in [6.45, 7) is 4.18. The number of hydrogen-bond donors (Lipinski definition) is 0. The van der Waals surface area contributed by atoms with E-state index in [4.69, 9.17) is 0 Å². The first-order chi connectivity index (χ1) is 10.5. The third kappa shape index (κ3) is 3.56. The molecule has 0 saturated carbocycles. The molecule has 0 radical (unpaired) electrons. The van der Waals surface area contributed by atoms with Crippen molar-refractivity contribution in [2.75, 3.05) is 6.54 Å². The maximum absolute atomic E-state index is 14.0. The zero-order valence-corrected chi connectivity index (χ0v) is 12.4. The van der Waals surface area contributed by atoms with Gasteiger partial charge in [0.15, 0.2) is 0 Å². The molecular formula is C15H13FN2O3S. The first-order valence-electron chi connectivity index (χ1n) is 6.39. The Balaban J connectivity index is 2.26. The van der Waals surface area contributed by atoms with Crippen LogP contribution in [0.5, 0.6) is 0 Å². The van der Waals surface area contributed by atoms with Crippen LogP contribution in [0.4, 0.5) is 10.1 Å². The quantitative estimate of drug-likeness (QED) is 0.464. The number of carbonyl (C=O) groups is 1. The van der Waals surface area contributed by atoms with Crippen LogP contribution in [0.15, 0.2) is 48.4 Å². The molecule has 0 saturated heterocycles. The molecule has 0 atom stereocenters. The summed E-state index contributed by atoms with van der Waals surface area (Å²) >= 11 is 1.49. The Morgan fingerprint density at radius 2 is 2.23 bits per heavy atom. The van der Waals surface area contributed by atoms with Crippen LogP contribution in [0, 0.1) is 15.9 Å². The predicted octanol–water partition coefficient (Wildman–Crippen LogP) is 3.62. The molecule has 0 aliphatic heterocycles. The minimum atomic E-state index is -0.903. The van der Waals surface area contributed by atoms with Crippen LogP contribution in [-0.4, -0.2) is 22.3 Å². The van der Waals surface area contributed by atoms with Gasteiger partial charge in [0.25, 0.3) is 11.6 Å². The fourth-order valence-electron chi connectivity index (χ4n) is 1.93. The number of nitro benzene ring substituents is 1. The van der Waals surface area contributed by atoms with Gasteiger partial charge in [-0.2, -0.15) is 0 Å². The zero-order valence-electron chi connectivity index (χ0n) is 11.6. The van der Waals surface area contributed by atoms with E-state index in [0.717, 1.165) is 23.1 Å². The highest BCUT2D eigenvalue weighted by molar-refractivity contribution is 7.09. The van der Waals surface area contributed by atoms with Crippen molar-refractivity contribution >= 4 is 22.9 Å². The molecule has 0 fully saturated rings. The lowest BCUT2D eigenvalue weighted by Gasteiger charge is -2.20. The van der Waals surface area contributed by atoms with Crippen LogP contribution in [-0.2, 0) is 6.54 Å². The summed E-state index contributed by atoms with van der Waals surface area (Å²) in [5, 5.41) is 12.5. The minimum Gasteiger partial charge on any atom is -0.330 e. The molecule has 1 amide bonds. The van der Waals surface area contributed by atoms with Gasteiger partial charge in [-0.3, -0.25) is 14.9 Å². The van der Waals surface area contributed by atoms with Crippen molar-refractivity contribution in [2.24, 2.45) is 0 Å². The van der Waals surface area contributed by atoms with Crippen LogP contribution in [0.25, 0.3) is 0 Å². The molecule has 2 rings (SSSR count). The molecule has 0 N–H and O–H groups in total. The number of hydrogen-bond acceptors (Lipinski definition) is 4. The lowest BCUT2D eigenvalue weighted by Crippen LogP contribution is -2.31. The summed E-state index contributed by atoms with van der Waals surface area (Å²) in [5.41, 5.74) is -0.577. The second kappa shape index (κ2) is 6.95. The fraction of sp³-hybridized carbons (Fsp3) is 0.133. The van der Waals surface area contributed by atoms with Gasteiger partial charge in [-0.05, 0) is 17.5 Å². The molecule has 0 aliphatic carbocycles. The van der Waals surface area contributed by atoms with Crippen molar-refractivity contribution in [3.05, 3.63) is 74.7 Å². The Hall–Kier alpha value is -2.54. The van der Waals surface area contributed by atoms with Crippen molar-refractivity contribution in [2.45, 2.75) is 6.54 Å². The molecule has 0 spiro atoms. The number of amides is 1. The van der Waals surface area contributed by atoms with Crippen molar-refractivity contribution in [1.82, 2.24) is 4.90 Å². The lowest BCUT2D eigenvalue weighted by molar-refractivity contribution is -0.385. The van der Waals surface area contributed by atoms with E-state index in [1.165, 1.54) is 16.2 Å². The number of non-ortho nitro benzene ring substituents is 1. The van der Waals surface area contributed by atoms with E-state index < -0.39 is 16.6 Å². The Bertz CT molecular complexity index is 701. The number of thiophene rings is 1. The number of nitro groups is 1. The van der Waals surface area contributed by atoms with Gasteiger partial charge >= 0.3 is 0 Å². The molecule has 1 heterocycles. The van der Waals surface area contributed by atoms with Crippen molar-refractivity contribution in [1.29, 1.82) is 0 Å². The SMILES string of the molecule is C=CCN(Cc1cccs1)C(=O)c1ccc([N+](=O)[O-])cc1F. The molecule has 114 valence electrons. The van der Waals surface area contributed by atoms with E-state index in [2.05, 4.69) is 6.58 Å².